The molecular formula is C30H39NO3. The van der Waals surface area contributed by atoms with Crippen molar-refractivity contribution in [3.8, 4) is 0 Å². The zero-order chi connectivity index (χ0) is 23.8. The van der Waals surface area contributed by atoms with Gasteiger partial charge in [-0.05, 0) is 117 Å². The number of carbonyl (C=O) groups is 2. The van der Waals surface area contributed by atoms with E-state index in [1.807, 2.05) is 11.0 Å². The standard InChI is InChI=1S/C30H39NO3/c1-18-13-19(2)15-21(14-18)31-17-27(34-28(31)33)26-8-7-24-23-6-5-20-16-22(32)9-11-29(20,3)25(23)10-12-30(24,26)4/h13-16,23-27H,5-12,17H2,1-4H3/t23-,24-,25-,26+,27+,29-,30-/m0/s1. The van der Waals surface area contributed by atoms with Crippen LogP contribution in [-0.2, 0) is 9.53 Å². The van der Waals surface area contributed by atoms with Gasteiger partial charge in [0.2, 0.25) is 0 Å². The molecule has 4 aliphatic carbocycles. The van der Waals surface area contributed by atoms with Crippen molar-refractivity contribution in [1.29, 1.82) is 0 Å². The van der Waals surface area contributed by atoms with Gasteiger partial charge in [0.25, 0.3) is 0 Å². The number of allylic oxidation sites excluding steroid dienone is 1. The largest absolute Gasteiger partial charge is 0.444 e. The predicted octanol–water partition coefficient (Wildman–Crippen LogP) is 6.78. The molecule has 182 valence electrons. The normalized spacial score (nSPS) is 41.5. The number of ether oxygens (including phenoxy) is 1. The summed E-state index contributed by atoms with van der Waals surface area (Å²) in [5.74, 6) is 2.93. The molecule has 0 N–H and O–H groups in total. The summed E-state index contributed by atoms with van der Waals surface area (Å²) in [7, 11) is 0. The van der Waals surface area contributed by atoms with E-state index in [1.165, 1.54) is 48.8 Å². The molecule has 1 heterocycles. The Morgan fingerprint density at radius 3 is 2.38 bits per heavy atom. The van der Waals surface area contributed by atoms with Crippen LogP contribution < -0.4 is 4.90 Å². The molecule has 1 aromatic carbocycles. The number of hydrogen-bond donors (Lipinski definition) is 0. The van der Waals surface area contributed by atoms with Crippen molar-refractivity contribution in [3.05, 3.63) is 41.0 Å². The Balaban J connectivity index is 1.23. The zero-order valence-electron chi connectivity index (χ0n) is 21.2. The van der Waals surface area contributed by atoms with E-state index in [-0.39, 0.29) is 23.0 Å². The van der Waals surface area contributed by atoms with Gasteiger partial charge in [0.05, 0.1) is 6.54 Å². The van der Waals surface area contributed by atoms with E-state index in [4.69, 9.17) is 4.74 Å². The molecule has 34 heavy (non-hydrogen) atoms. The van der Waals surface area contributed by atoms with E-state index in [9.17, 15) is 9.59 Å². The Kier molecular flexibility index (Phi) is 5.07. The molecule has 0 spiro atoms. The van der Waals surface area contributed by atoms with Crippen molar-refractivity contribution in [2.75, 3.05) is 11.4 Å². The molecule has 0 unspecified atom stereocenters. The second kappa shape index (κ2) is 7.70. The lowest BCUT2D eigenvalue weighted by Crippen LogP contribution is -2.51. The maximum Gasteiger partial charge on any atom is 0.414 e. The number of nitrogens with zero attached hydrogens (tertiary/aromatic N) is 1. The monoisotopic (exact) mass is 461 g/mol. The van der Waals surface area contributed by atoms with E-state index >= 15 is 0 Å². The highest BCUT2D eigenvalue weighted by Crippen LogP contribution is 2.67. The fourth-order valence-electron chi connectivity index (χ4n) is 9.22. The summed E-state index contributed by atoms with van der Waals surface area (Å²) in [6, 6.07) is 6.35. The van der Waals surface area contributed by atoms with E-state index in [1.54, 1.807) is 0 Å². The Labute approximate surface area is 204 Å². The molecule has 1 saturated heterocycles. The topological polar surface area (TPSA) is 46.6 Å². The zero-order valence-corrected chi connectivity index (χ0v) is 21.2. The molecule has 0 aromatic heterocycles. The first-order chi connectivity index (χ1) is 16.2. The first-order valence-electron chi connectivity index (χ1n) is 13.5. The van der Waals surface area contributed by atoms with Crippen LogP contribution in [0.5, 0.6) is 0 Å². The number of fused-ring (bicyclic) bond motifs is 5. The first-order valence-corrected chi connectivity index (χ1v) is 13.5. The van der Waals surface area contributed by atoms with Crippen LogP contribution in [0.2, 0.25) is 0 Å². The molecule has 4 fully saturated rings. The average molecular weight is 462 g/mol. The van der Waals surface area contributed by atoms with Crippen LogP contribution in [0.3, 0.4) is 0 Å². The highest BCUT2D eigenvalue weighted by molar-refractivity contribution is 5.91. The van der Waals surface area contributed by atoms with Crippen molar-refractivity contribution >= 4 is 17.6 Å². The number of amides is 1. The summed E-state index contributed by atoms with van der Waals surface area (Å²) in [5, 5.41) is 0. The van der Waals surface area contributed by atoms with Crippen molar-refractivity contribution in [2.45, 2.75) is 85.2 Å². The summed E-state index contributed by atoms with van der Waals surface area (Å²) in [4.78, 5) is 26.9. The number of aryl methyl sites for hydroxylation is 2. The SMILES string of the molecule is Cc1cc(C)cc(N2C[C@H]([C@H]3CC[C@H]4[C@@H]5CCC6=CC(=O)CC[C@]6(C)[C@H]5CC[C@]34C)OC2=O)c1. The van der Waals surface area contributed by atoms with Gasteiger partial charge < -0.3 is 4.74 Å². The number of benzene rings is 1. The lowest BCUT2D eigenvalue weighted by molar-refractivity contribution is -0.117. The third-order valence-corrected chi connectivity index (χ3v) is 10.8. The minimum Gasteiger partial charge on any atom is -0.444 e. The second-order valence-corrected chi connectivity index (χ2v) is 12.6. The van der Waals surface area contributed by atoms with Gasteiger partial charge in [0.15, 0.2) is 5.78 Å². The molecule has 0 radical (unpaired) electrons. The fourth-order valence-corrected chi connectivity index (χ4v) is 9.22. The molecular weight excluding hydrogens is 422 g/mol. The van der Waals surface area contributed by atoms with Gasteiger partial charge in [-0.25, -0.2) is 4.79 Å². The van der Waals surface area contributed by atoms with Crippen LogP contribution in [0.15, 0.2) is 29.8 Å². The van der Waals surface area contributed by atoms with Crippen LogP contribution in [0.4, 0.5) is 10.5 Å². The highest BCUT2D eigenvalue weighted by atomic mass is 16.6. The summed E-state index contributed by atoms with van der Waals surface area (Å²) >= 11 is 0. The Morgan fingerprint density at radius 2 is 1.62 bits per heavy atom. The second-order valence-electron chi connectivity index (χ2n) is 12.6. The number of ketones is 1. The molecule has 4 nitrogen and oxygen atoms in total. The van der Waals surface area contributed by atoms with Crippen LogP contribution in [0.25, 0.3) is 0 Å². The first kappa shape index (κ1) is 22.4. The van der Waals surface area contributed by atoms with Gasteiger partial charge >= 0.3 is 6.09 Å². The molecule has 1 amide bonds. The van der Waals surface area contributed by atoms with Gasteiger partial charge in [-0.3, -0.25) is 9.69 Å². The Hall–Kier alpha value is -2.10. The van der Waals surface area contributed by atoms with Crippen LogP contribution in [0.1, 0.15) is 76.3 Å². The number of carbonyl (C=O) groups excluding carboxylic acids is 2. The molecule has 6 rings (SSSR count). The summed E-state index contributed by atoms with van der Waals surface area (Å²) in [5.41, 5.74) is 5.24. The lowest BCUT2D eigenvalue weighted by Gasteiger charge is -2.58. The average Bonchev–Trinajstić information content (AvgIpc) is 3.33. The summed E-state index contributed by atoms with van der Waals surface area (Å²) < 4.78 is 6.10. The predicted molar refractivity (Wildman–Crippen MR) is 134 cm³/mol. The van der Waals surface area contributed by atoms with Crippen LogP contribution in [0, 0.1) is 48.3 Å². The van der Waals surface area contributed by atoms with Crippen molar-refractivity contribution in [1.82, 2.24) is 0 Å². The summed E-state index contributed by atoms with van der Waals surface area (Å²) in [6.07, 6.45) is 10.8. The number of anilines is 1. The van der Waals surface area contributed by atoms with Crippen LogP contribution >= 0.6 is 0 Å². The smallest absolute Gasteiger partial charge is 0.414 e. The van der Waals surface area contributed by atoms with Gasteiger partial charge in [0.1, 0.15) is 6.10 Å². The van der Waals surface area contributed by atoms with E-state index < -0.39 is 0 Å². The Morgan fingerprint density at radius 1 is 0.882 bits per heavy atom. The van der Waals surface area contributed by atoms with Crippen molar-refractivity contribution < 1.29 is 14.3 Å². The number of cyclic esters (lactones) is 1. The van der Waals surface area contributed by atoms with Crippen molar-refractivity contribution in [3.63, 3.8) is 0 Å². The molecule has 1 aliphatic heterocycles. The van der Waals surface area contributed by atoms with Gasteiger partial charge in [0, 0.05) is 18.0 Å². The molecule has 0 bridgehead atoms. The minimum atomic E-state index is -0.178. The van der Waals surface area contributed by atoms with E-state index in [0.717, 1.165) is 30.9 Å². The number of rotatable bonds is 2. The maximum atomic E-state index is 13.0. The summed E-state index contributed by atoms with van der Waals surface area (Å²) in [6.45, 7) is 9.82. The van der Waals surface area contributed by atoms with Crippen LogP contribution in [-0.4, -0.2) is 24.5 Å². The van der Waals surface area contributed by atoms with Gasteiger partial charge in [-0.1, -0.05) is 25.5 Å². The Bertz CT molecular complexity index is 1050. The van der Waals surface area contributed by atoms with Gasteiger partial charge in [-0.2, -0.15) is 0 Å². The molecule has 4 heteroatoms. The quantitative estimate of drug-likeness (QED) is 0.488. The molecule has 1 aromatic rings. The van der Waals surface area contributed by atoms with Crippen molar-refractivity contribution in [2.24, 2.45) is 34.5 Å². The molecule has 7 atom stereocenters. The van der Waals surface area contributed by atoms with E-state index in [2.05, 4.69) is 45.9 Å². The minimum absolute atomic E-state index is 0.0122. The van der Waals surface area contributed by atoms with Gasteiger partial charge in [-0.15, -0.1) is 0 Å². The maximum absolute atomic E-state index is 13.0. The third-order valence-electron chi connectivity index (χ3n) is 10.8. The molecule has 5 aliphatic rings. The third kappa shape index (κ3) is 3.23. The van der Waals surface area contributed by atoms with E-state index in [0.29, 0.717) is 30.1 Å². The molecule has 3 saturated carbocycles. The fraction of sp³-hybridized carbons (Fsp3) is 0.667. The number of hydrogen-bond acceptors (Lipinski definition) is 3. The lowest BCUT2D eigenvalue weighted by atomic mass is 9.46. The highest BCUT2D eigenvalue weighted by Gasteiger charge is 2.61.